The molecule has 2 atom stereocenters. The second-order valence-corrected chi connectivity index (χ2v) is 4.20. The lowest BCUT2D eigenvalue weighted by Crippen LogP contribution is -2.59. The van der Waals surface area contributed by atoms with E-state index in [4.69, 9.17) is 5.11 Å². The zero-order valence-corrected chi connectivity index (χ0v) is 10.0. The van der Waals surface area contributed by atoms with Gasteiger partial charge in [-0.1, -0.05) is 6.92 Å². The van der Waals surface area contributed by atoms with Gasteiger partial charge in [-0.25, -0.2) is 0 Å². The molecule has 2 unspecified atom stereocenters. The van der Waals surface area contributed by atoms with Crippen LogP contribution in [0.25, 0.3) is 0 Å². The number of piperazine rings is 1. The Morgan fingerprint density at radius 3 is 2.53 bits per heavy atom. The van der Waals surface area contributed by atoms with Crippen LogP contribution in [0.2, 0.25) is 0 Å². The number of aliphatic carboxylic acids is 1. The number of carboxylic acid groups (broad SMARTS) is 1. The largest absolute Gasteiger partial charge is 0.481 e. The van der Waals surface area contributed by atoms with Crippen LogP contribution in [-0.4, -0.2) is 53.1 Å². The number of alkyl halides is 3. The molecule has 0 aromatic carbocycles. The van der Waals surface area contributed by atoms with E-state index in [1.54, 1.807) is 6.92 Å². The number of halogens is 3. The Bertz CT molecular complexity index is 397. The number of amides is 2. The third kappa shape index (κ3) is 3.66. The highest BCUT2D eigenvalue weighted by atomic mass is 19.4. The Hall–Kier alpha value is -1.64. The Labute approximate surface area is 106 Å². The van der Waals surface area contributed by atoms with E-state index in [1.165, 1.54) is 0 Å². The summed E-state index contributed by atoms with van der Waals surface area (Å²) in [5.41, 5.74) is 0. The zero-order chi connectivity index (χ0) is 14.8. The quantitative estimate of drug-likeness (QED) is 0.708. The monoisotopic (exact) mass is 282 g/mol. The highest BCUT2D eigenvalue weighted by Gasteiger charge is 2.48. The summed E-state index contributed by atoms with van der Waals surface area (Å²) in [5, 5.41) is 10.6. The third-order valence-corrected chi connectivity index (χ3v) is 2.85. The minimum absolute atomic E-state index is 0.184. The highest BCUT2D eigenvalue weighted by molar-refractivity contribution is 6.01. The zero-order valence-electron chi connectivity index (χ0n) is 10.0. The molecule has 2 amide bonds. The molecule has 1 heterocycles. The summed E-state index contributed by atoms with van der Waals surface area (Å²) in [7, 11) is 0. The number of nitrogens with one attached hydrogen (secondary N) is 1. The van der Waals surface area contributed by atoms with E-state index in [-0.39, 0.29) is 6.42 Å². The lowest BCUT2D eigenvalue weighted by Gasteiger charge is -2.35. The van der Waals surface area contributed by atoms with Gasteiger partial charge in [0.25, 0.3) is 0 Å². The Morgan fingerprint density at radius 2 is 2.11 bits per heavy atom. The van der Waals surface area contributed by atoms with Crippen molar-refractivity contribution in [3.8, 4) is 0 Å². The number of hydrogen-bond acceptors (Lipinski definition) is 4. The molecule has 19 heavy (non-hydrogen) atoms. The maximum absolute atomic E-state index is 12.6. The first kappa shape index (κ1) is 15.4. The summed E-state index contributed by atoms with van der Waals surface area (Å²) in [5.74, 6) is -6.09. The standard InChI is InChI=1S/C10H13F3N2O4/c1-2-6-8(17)14-7(16)4-15(6)3-5(9(18)19)10(11,12)13/h5-6H,2-4H2,1H3,(H,18,19)(H,14,16,17). The van der Waals surface area contributed by atoms with Crippen molar-refractivity contribution in [3.63, 3.8) is 0 Å². The van der Waals surface area contributed by atoms with Crippen LogP contribution in [0.4, 0.5) is 13.2 Å². The topological polar surface area (TPSA) is 86.7 Å². The van der Waals surface area contributed by atoms with Crippen molar-refractivity contribution in [1.29, 1.82) is 0 Å². The van der Waals surface area contributed by atoms with Crippen molar-refractivity contribution in [2.45, 2.75) is 25.6 Å². The van der Waals surface area contributed by atoms with E-state index < -0.39 is 49.0 Å². The predicted octanol–water partition coefficient (Wildman–Crippen LogP) is -0.0135. The van der Waals surface area contributed by atoms with Gasteiger partial charge in [0, 0.05) is 6.54 Å². The minimum atomic E-state index is -4.93. The number of imide groups is 1. The minimum Gasteiger partial charge on any atom is -0.481 e. The van der Waals surface area contributed by atoms with E-state index >= 15 is 0 Å². The fraction of sp³-hybridized carbons (Fsp3) is 0.700. The maximum Gasteiger partial charge on any atom is 0.403 e. The van der Waals surface area contributed by atoms with Gasteiger partial charge in [0.1, 0.15) is 0 Å². The number of carbonyl (C=O) groups excluding carboxylic acids is 2. The summed E-state index contributed by atoms with van der Waals surface area (Å²) >= 11 is 0. The molecule has 1 aliphatic rings. The van der Waals surface area contributed by atoms with Crippen molar-refractivity contribution >= 4 is 17.8 Å². The summed E-state index contributed by atoms with van der Waals surface area (Å²) in [6, 6.07) is -0.929. The van der Waals surface area contributed by atoms with Crippen LogP contribution in [0.1, 0.15) is 13.3 Å². The van der Waals surface area contributed by atoms with Crippen LogP contribution in [-0.2, 0) is 14.4 Å². The number of rotatable bonds is 4. The molecular weight excluding hydrogens is 269 g/mol. The van der Waals surface area contributed by atoms with Gasteiger partial charge in [0.15, 0.2) is 5.92 Å². The average molecular weight is 282 g/mol. The molecule has 6 nitrogen and oxygen atoms in total. The number of carboxylic acids is 1. The summed E-state index contributed by atoms with van der Waals surface area (Å²) < 4.78 is 37.7. The molecule has 0 radical (unpaired) electrons. The van der Waals surface area contributed by atoms with Gasteiger partial charge < -0.3 is 5.11 Å². The van der Waals surface area contributed by atoms with E-state index in [9.17, 15) is 27.6 Å². The average Bonchev–Trinajstić information content (AvgIpc) is 2.23. The molecule has 1 rings (SSSR count). The molecular formula is C10H13F3N2O4. The molecule has 0 bridgehead atoms. The van der Waals surface area contributed by atoms with Crippen LogP contribution in [0.15, 0.2) is 0 Å². The van der Waals surface area contributed by atoms with Gasteiger partial charge in [-0.05, 0) is 6.42 Å². The van der Waals surface area contributed by atoms with E-state index in [1.807, 2.05) is 5.32 Å². The van der Waals surface area contributed by atoms with Gasteiger partial charge in [0.2, 0.25) is 11.8 Å². The Balaban J connectivity index is 2.90. The lowest BCUT2D eigenvalue weighted by atomic mass is 10.0. The number of hydrogen-bond donors (Lipinski definition) is 2. The van der Waals surface area contributed by atoms with Crippen molar-refractivity contribution in [2.24, 2.45) is 5.92 Å². The smallest absolute Gasteiger partial charge is 0.403 e. The third-order valence-electron chi connectivity index (χ3n) is 2.85. The summed E-state index contributed by atoms with van der Waals surface area (Å²) in [6.45, 7) is 0.219. The van der Waals surface area contributed by atoms with Crippen LogP contribution < -0.4 is 5.32 Å². The second-order valence-electron chi connectivity index (χ2n) is 4.20. The van der Waals surface area contributed by atoms with Crippen molar-refractivity contribution in [3.05, 3.63) is 0 Å². The van der Waals surface area contributed by atoms with Gasteiger partial charge in [-0.3, -0.25) is 24.6 Å². The molecule has 9 heteroatoms. The Morgan fingerprint density at radius 1 is 1.53 bits per heavy atom. The molecule has 2 N–H and O–H groups in total. The molecule has 108 valence electrons. The van der Waals surface area contributed by atoms with Crippen LogP contribution in [0, 0.1) is 5.92 Å². The lowest BCUT2D eigenvalue weighted by molar-refractivity contribution is -0.198. The van der Waals surface area contributed by atoms with E-state index in [0.29, 0.717) is 0 Å². The normalized spacial score (nSPS) is 23.1. The number of carbonyl (C=O) groups is 3. The fourth-order valence-corrected chi connectivity index (χ4v) is 1.91. The van der Waals surface area contributed by atoms with Crippen molar-refractivity contribution < 1.29 is 32.7 Å². The number of nitrogens with zero attached hydrogens (tertiary/aromatic N) is 1. The molecule has 0 aromatic rings. The van der Waals surface area contributed by atoms with Crippen LogP contribution >= 0.6 is 0 Å². The van der Waals surface area contributed by atoms with Crippen LogP contribution in [0.5, 0.6) is 0 Å². The van der Waals surface area contributed by atoms with Gasteiger partial charge >= 0.3 is 12.1 Å². The SMILES string of the molecule is CCC1C(=O)NC(=O)CN1CC(C(=O)O)C(F)(F)F. The first-order valence-electron chi connectivity index (χ1n) is 5.54. The van der Waals surface area contributed by atoms with E-state index in [0.717, 1.165) is 4.90 Å². The first-order chi connectivity index (χ1) is 8.66. The summed E-state index contributed by atoms with van der Waals surface area (Å²) in [6.07, 6.45) is -4.75. The van der Waals surface area contributed by atoms with Gasteiger partial charge in [0.05, 0.1) is 12.6 Å². The van der Waals surface area contributed by atoms with Crippen molar-refractivity contribution in [2.75, 3.05) is 13.1 Å². The van der Waals surface area contributed by atoms with E-state index in [2.05, 4.69) is 0 Å². The molecule has 0 aliphatic carbocycles. The van der Waals surface area contributed by atoms with Crippen molar-refractivity contribution in [1.82, 2.24) is 10.2 Å². The molecule has 1 aliphatic heterocycles. The predicted molar refractivity (Wildman–Crippen MR) is 56.0 cm³/mol. The molecule has 0 aromatic heterocycles. The van der Waals surface area contributed by atoms with Crippen LogP contribution in [0.3, 0.4) is 0 Å². The Kier molecular flexibility index (Phi) is 4.51. The molecule has 1 saturated heterocycles. The molecule has 0 saturated carbocycles. The fourth-order valence-electron chi connectivity index (χ4n) is 1.91. The second kappa shape index (κ2) is 5.55. The molecule has 0 spiro atoms. The summed E-state index contributed by atoms with van der Waals surface area (Å²) in [4.78, 5) is 34.2. The van der Waals surface area contributed by atoms with Gasteiger partial charge in [-0.15, -0.1) is 0 Å². The maximum atomic E-state index is 12.6. The molecule has 1 fully saturated rings. The first-order valence-corrected chi connectivity index (χ1v) is 5.54. The highest BCUT2D eigenvalue weighted by Crippen LogP contribution is 2.28. The van der Waals surface area contributed by atoms with Gasteiger partial charge in [-0.2, -0.15) is 13.2 Å².